The van der Waals surface area contributed by atoms with Gasteiger partial charge in [0.15, 0.2) is 12.2 Å². The maximum atomic E-state index is 14.6. The molecule has 298 valence electrons. The number of aliphatic imine (C=N–C) groups is 1. The zero-order valence-electron chi connectivity index (χ0n) is 30.1. The van der Waals surface area contributed by atoms with Crippen molar-refractivity contribution in [2.24, 2.45) is 28.3 Å². The van der Waals surface area contributed by atoms with E-state index in [2.05, 4.69) is 15.6 Å². The fourth-order valence-corrected chi connectivity index (χ4v) is 7.34. The van der Waals surface area contributed by atoms with Gasteiger partial charge >= 0.3 is 0 Å². The number of rotatable bonds is 16. The lowest BCUT2D eigenvalue weighted by Crippen LogP contribution is -2.61. The van der Waals surface area contributed by atoms with Crippen LogP contribution in [0.5, 0.6) is 5.75 Å². The first-order valence-corrected chi connectivity index (χ1v) is 18.2. The third kappa shape index (κ3) is 11.0. The van der Waals surface area contributed by atoms with Gasteiger partial charge in [-0.2, -0.15) is 0 Å². The van der Waals surface area contributed by atoms with Gasteiger partial charge in [0.2, 0.25) is 17.7 Å². The standard InChI is InChI=1S/C35H56N6O12/c1-17(2)11-21(40-32(50)25(45)12-18-5-7-20(43)8-6-18)33(51)41-22-15-26(52-34-30(48)29(47)28(46)27(16-42)53-34)24(44)14-19(22)13-23(41)31(49)38-9-3-4-10-39-35(36)37/h5-8,17,19,21-30,34,42-48H,3-4,9-16H2,1-2H3,(H,38,49)(H,40,50)(H4,36,37,39)/t19-,21+,22+,23-,24-,25+,26+,27-,28-,29+,30+,34-/m0/s1. The molecule has 2 saturated heterocycles. The number of aliphatic hydroxyl groups is 6. The van der Waals surface area contributed by atoms with Crippen molar-refractivity contribution in [3.8, 4) is 5.75 Å². The van der Waals surface area contributed by atoms with Gasteiger partial charge in [-0.3, -0.25) is 19.4 Å². The summed E-state index contributed by atoms with van der Waals surface area (Å²) in [6.45, 7) is 3.69. The van der Waals surface area contributed by atoms with Crippen molar-refractivity contribution in [1.82, 2.24) is 15.5 Å². The van der Waals surface area contributed by atoms with Crippen LogP contribution in [0.3, 0.4) is 0 Å². The Morgan fingerprint density at radius 1 is 1.02 bits per heavy atom. The van der Waals surface area contributed by atoms with Gasteiger partial charge in [0.25, 0.3) is 0 Å². The number of benzene rings is 1. The van der Waals surface area contributed by atoms with Crippen LogP contribution in [-0.2, 0) is 30.3 Å². The summed E-state index contributed by atoms with van der Waals surface area (Å²) in [5.74, 6) is -2.26. The first-order valence-electron chi connectivity index (χ1n) is 18.2. The molecule has 1 aliphatic carbocycles. The number of guanidine groups is 1. The molecule has 0 bridgehead atoms. The predicted octanol–water partition coefficient (Wildman–Crippen LogP) is -3.08. The summed E-state index contributed by atoms with van der Waals surface area (Å²) in [5, 5.41) is 77.9. The Bertz CT molecular complexity index is 1400. The number of phenols is 1. The van der Waals surface area contributed by atoms with Crippen molar-refractivity contribution in [1.29, 1.82) is 0 Å². The largest absolute Gasteiger partial charge is 0.508 e. The number of aromatic hydroxyl groups is 1. The Labute approximate surface area is 308 Å². The Kier molecular flexibility index (Phi) is 15.2. The van der Waals surface area contributed by atoms with Crippen LogP contribution in [0.25, 0.3) is 0 Å². The number of carbonyl (C=O) groups excluding carboxylic acids is 3. The van der Waals surface area contributed by atoms with Crippen LogP contribution in [0.15, 0.2) is 29.3 Å². The lowest BCUT2D eigenvalue weighted by Gasteiger charge is -2.44. The number of ether oxygens (including phenoxy) is 2. The Morgan fingerprint density at radius 3 is 2.36 bits per heavy atom. The molecule has 0 spiro atoms. The Hall–Kier alpha value is -3.62. The molecule has 12 atom stereocenters. The summed E-state index contributed by atoms with van der Waals surface area (Å²) >= 11 is 0. The van der Waals surface area contributed by atoms with E-state index < -0.39 is 91.5 Å². The number of likely N-dealkylation sites (tertiary alicyclic amines) is 1. The minimum Gasteiger partial charge on any atom is -0.508 e. The van der Waals surface area contributed by atoms with E-state index in [1.807, 2.05) is 13.8 Å². The van der Waals surface area contributed by atoms with E-state index in [0.717, 1.165) is 0 Å². The first-order chi connectivity index (χ1) is 25.1. The molecule has 53 heavy (non-hydrogen) atoms. The average molecular weight is 753 g/mol. The number of hydrogen-bond donors (Lipinski definition) is 11. The smallest absolute Gasteiger partial charge is 0.249 e. The van der Waals surface area contributed by atoms with Crippen LogP contribution in [0.1, 0.15) is 57.9 Å². The number of carbonyl (C=O) groups is 3. The van der Waals surface area contributed by atoms with Gasteiger partial charge in [0.1, 0.15) is 48.4 Å². The van der Waals surface area contributed by atoms with E-state index in [0.29, 0.717) is 24.9 Å². The van der Waals surface area contributed by atoms with Crippen LogP contribution in [0.4, 0.5) is 0 Å². The molecule has 18 heteroatoms. The maximum absolute atomic E-state index is 14.6. The van der Waals surface area contributed by atoms with Gasteiger partial charge in [-0.1, -0.05) is 26.0 Å². The highest BCUT2D eigenvalue weighted by Gasteiger charge is 2.54. The van der Waals surface area contributed by atoms with Crippen molar-refractivity contribution in [3.05, 3.63) is 29.8 Å². The normalized spacial score (nSPS) is 31.0. The Balaban J connectivity index is 1.56. The predicted molar refractivity (Wildman–Crippen MR) is 189 cm³/mol. The number of nitrogens with one attached hydrogen (secondary N) is 2. The van der Waals surface area contributed by atoms with Crippen LogP contribution < -0.4 is 22.1 Å². The number of aliphatic hydroxyl groups excluding tert-OH is 6. The molecule has 3 amide bonds. The number of nitrogens with two attached hydrogens (primary N) is 2. The second-order valence-electron chi connectivity index (χ2n) is 14.6. The van der Waals surface area contributed by atoms with Crippen LogP contribution >= 0.6 is 0 Å². The van der Waals surface area contributed by atoms with Gasteiger partial charge in [-0.05, 0) is 68.1 Å². The van der Waals surface area contributed by atoms with Crippen molar-refractivity contribution in [2.45, 2.75) is 126 Å². The molecule has 0 radical (unpaired) electrons. The highest BCUT2D eigenvalue weighted by molar-refractivity contribution is 5.93. The molecule has 0 unspecified atom stereocenters. The molecule has 1 saturated carbocycles. The summed E-state index contributed by atoms with van der Waals surface area (Å²) < 4.78 is 11.5. The molecule has 2 aliphatic heterocycles. The van der Waals surface area contributed by atoms with Gasteiger partial charge in [-0.15, -0.1) is 0 Å². The zero-order chi connectivity index (χ0) is 39.0. The summed E-state index contributed by atoms with van der Waals surface area (Å²) in [6.07, 6.45) is -9.99. The molecule has 4 rings (SSSR count). The minimum atomic E-state index is -1.72. The van der Waals surface area contributed by atoms with E-state index in [-0.39, 0.29) is 62.2 Å². The van der Waals surface area contributed by atoms with Gasteiger partial charge < -0.3 is 72.2 Å². The van der Waals surface area contributed by atoms with Crippen molar-refractivity contribution < 1.29 is 59.6 Å². The second-order valence-corrected chi connectivity index (χ2v) is 14.6. The lowest BCUT2D eigenvalue weighted by atomic mass is 9.81. The molecular formula is C35H56N6O12. The van der Waals surface area contributed by atoms with E-state index in [9.17, 15) is 50.1 Å². The summed E-state index contributed by atoms with van der Waals surface area (Å²) in [7, 11) is 0. The van der Waals surface area contributed by atoms with Gasteiger partial charge in [0, 0.05) is 25.6 Å². The quantitative estimate of drug-likeness (QED) is 0.0454. The van der Waals surface area contributed by atoms with E-state index in [1.165, 1.54) is 17.0 Å². The monoisotopic (exact) mass is 752 g/mol. The van der Waals surface area contributed by atoms with E-state index in [4.69, 9.17) is 20.9 Å². The van der Waals surface area contributed by atoms with Crippen molar-refractivity contribution >= 4 is 23.7 Å². The molecule has 1 aromatic carbocycles. The first kappa shape index (κ1) is 42.1. The molecule has 3 aliphatic rings. The van der Waals surface area contributed by atoms with Crippen LogP contribution in [-0.4, -0.2) is 151 Å². The van der Waals surface area contributed by atoms with E-state index in [1.54, 1.807) is 12.1 Å². The molecule has 1 aromatic rings. The average Bonchev–Trinajstić information content (AvgIpc) is 3.47. The number of hydrogen-bond acceptors (Lipinski definition) is 13. The highest BCUT2D eigenvalue weighted by atomic mass is 16.7. The summed E-state index contributed by atoms with van der Waals surface area (Å²) in [4.78, 5) is 47.0. The Morgan fingerprint density at radius 2 is 1.72 bits per heavy atom. The zero-order valence-corrected chi connectivity index (χ0v) is 30.1. The molecule has 3 fully saturated rings. The molecular weight excluding hydrogens is 696 g/mol. The van der Waals surface area contributed by atoms with Gasteiger partial charge in [-0.25, -0.2) is 0 Å². The van der Waals surface area contributed by atoms with Crippen molar-refractivity contribution in [3.63, 3.8) is 0 Å². The van der Waals surface area contributed by atoms with Crippen LogP contribution in [0, 0.1) is 11.8 Å². The minimum absolute atomic E-state index is 0.0132. The second kappa shape index (κ2) is 19.1. The third-order valence-corrected chi connectivity index (χ3v) is 10.1. The number of nitrogens with zero attached hydrogens (tertiary/aromatic N) is 2. The maximum Gasteiger partial charge on any atom is 0.249 e. The van der Waals surface area contributed by atoms with Crippen molar-refractivity contribution in [2.75, 3.05) is 19.7 Å². The molecule has 18 nitrogen and oxygen atoms in total. The number of unbranched alkanes of at least 4 members (excludes halogenated alkanes) is 1. The third-order valence-electron chi connectivity index (χ3n) is 10.1. The van der Waals surface area contributed by atoms with E-state index >= 15 is 0 Å². The number of phenolic OH excluding ortho intramolecular Hbond substituents is 1. The SMILES string of the molecule is CC(C)C[C@@H](NC(=O)[C@H](O)Cc1ccc(O)cc1)C(=O)N1[C@@H]2C[C@@H](O[C@H]3O[C@@H](CO)[C@H](O)[C@@H](O)[C@H]3O)[C@@H](O)C[C@@H]2C[C@H]1C(=O)NCCCCN=C(N)N. The molecule has 2 heterocycles. The highest BCUT2D eigenvalue weighted by Crippen LogP contribution is 2.42. The molecule has 13 N–H and O–H groups in total. The lowest BCUT2D eigenvalue weighted by molar-refractivity contribution is -0.320. The summed E-state index contributed by atoms with van der Waals surface area (Å²) in [5.41, 5.74) is 11.3. The van der Waals surface area contributed by atoms with Crippen LogP contribution in [0.2, 0.25) is 0 Å². The fourth-order valence-electron chi connectivity index (χ4n) is 7.34. The van der Waals surface area contributed by atoms with Gasteiger partial charge in [0.05, 0.1) is 18.8 Å². The number of fused-ring (bicyclic) bond motifs is 1. The number of amides is 3. The topological polar surface area (TPSA) is 303 Å². The molecule has 0 aromatic heterocycles. The summed E-state index contributed by atoms with van der Waals surface area (Å²) in [6, 6.07) is 3.20. The fraction of sp³-hybridized carbons (Fsp3) is 0.714.